The molecule has 14 heavy (non-hydrogen) atoms. The highest BCUT2D eigenvalue weighted by Gasteiger charge is 2.11. The minimum atomic E-state index is -0.339. The smallest absolute Gasteiger partial charge is 0.229 e. The monoisotopic (exact) mass is 190 g/mol. The molecular formula is C11H9FNO. The molecular weight excluding hydrogens is 181 g/mol. The van der Waals surface area contributed by atoms with E-state index in [1.807, 2.05) is 0 Å². The molecule has 0 aliphatic carbocycles. The lowest BCUT2D eigenvalue weighted by atomic mass is 10.2. The quantitative estimate of drug-likeness (QED) is 0.690. The fraction of sp³-hybridized carbons (Fsp3) is 0.0909. The van der Waals surface area contributed by atoms with Crippen LogP contribution in [0.2, 0.25) is 0 Å². The highest BCUT2D eigenvalue weighted by Crippen LogP contribution is 2.23. The lowest BCUT2D eigenvalue weighted by Gasteiger charge is -1.95. The molecule has 1 aromatic heterocycles. The third-order valence-corrected chi connectivity index (χ3v) is 2.00. The molecule has 0 atom stereocenters. The van der Waals surface area contributed by atoms with Crippen LogP contribution in [0.5, 0.6) is 0 Å². The zero-order chi connectivity index (χ0) is 10.1. The second kappa shape index (κ2) is 3.25. The molecule has 0 aliphatic rings. The van der Waals surface area contributed by atoms with Gasteiger partial charge < -0.3 is 4.42 Å². The fourth-order valence-electron chi connectivity index (χ4n) is 1.18. The molecule has 2 aromatic rings. The molecule has 1 aromatic carbocycles. The molecule has 0 saturated carbocycles. The van der Waals surface area contributed by atoms with E-state index in [1.54, 1.807) is 25.1 Å². The predicted octanol–water partition coefficient (Wildman–Crippen LogP) is 2.97. The topological polar surface area (TPSA) is 26.0 Å². The Balaban J connectivity index is 2.55. The summed E-state index contributed by atoms with van der Waals surface area (Å²) in [7, 11) is 0. The second-order valence-corrected chi connectivity index (χ2v) is 3.01. The van der Waals surface area contributed by atoms with E-state index in [0.717, 1.165) is 0 Å². The Morgan fingerprint density at radius 1 is 1.36 bits per heavy atom. The van der Waals surface area contributed by atoms with Gasteiger partial charge in [-0.1, -0.05) is 12.1 Å². The van der Waals surface area contributed by atoms with Crippen molar-refractivity contribution in [2.24, 2.45) is 0 Å². The standard InChI is InChI=1S/C11H9FNO/c1-7-8(2)14-11(13-7)9-5-3-4-6-10(9)12/h3-6H,2H2,1H3. The van der Waals surface area contributed by atoms with Crippen molar-refractivity contribution in [1.82, 2.24) is 4.98 Å². The van der Waals surface area contributed by atoms with Crippen LogP contribution in [0.1, 0.15) is 11.5 Å². The van der Waals surface area contributed by atoms with Crippen molar-refractivity contribution in [2.45, 2.75) is 6.92 Å². The van der Waals surface area contributed by atoms with E-state index in [0.29, 0.717) is 17.0 Å². The van der Waals surface area contributed by atoms with Crippen LogP contribution in [0.25, 0.3) is 11.5 Å². The lowest BCUT2D eigenvalue weighted by molar-refractivity contribution is 0.546. The van der Waals surface area contributed by atoms with Crippen molar-refractivity contribution < 1.29 is 8.81 Å². The van der Waals surface area contributed by atoms with Gasteiger partial charge in [-0.25, -0.2) is 9.37 Å². The van der Waals surface area contributed by atoms with Gasteiger partial charge in [0.15, 0.2) is 0 Å². The Morgan fingerprint density at radius 3 is 2.64 bits per heavy atom. The van der Waals surface area contributed by atoms with E-state index >= 15 is 0 Å². The first kappa shape index (κ1) is 8.94. The van der Waals surface area contributed by atoms with Gasteiger partial charge in [-0.05, 0) is 19.1 Å². The number of aromatic nitrogens is 1. The number of aryl methyl sites for hydroxylation is 1. The molecule has 0 N–H and O–H groups in total. The van der Waals surface area contributed by atoms with Crippen molar-refractivity contribution in [3.8, 4) is 11.5 Å². The molecule has 2 rings (SSSR count). The van der Waals surface area contributed by atoms with Gasteiger partial charge in [0.1, 0.15) is 11.6 Å². The summed E-state index contributed by atoms with van der Waals surface area (Å²) in [5, 5.41) is 0. The van der Waals surface area contributed by atoms with Crippen molar-refractivity contribution >= 4 is 0 Å². The number of hydrogen-bond acceptors (Lipinski definition) is 2. The Hall–Kier alpha value is -1.64. The molecule has 0 fully saturated rings. The second-order valence-electron chi connectivity index (χ2n) is 3.01. The zero-order valence-electron chi connectivity index (χ0n) is 7.75. The summed E-state index contributed by atoms with van der Waals surface area (Å²) in [6, 6.07) is 6.36. The first-order valence-electron chi connectivity index (χ1n) is 4.23. The highest BCUT2D eigenvalue weighted by molar-refractivity contribution is 5.54. The van der Waals surface area contributed by atoms with E-state index in [-0.39, 0.29) is 11.7 Å². The maximum atomic E-state index is 13.3. The summed E-state index contributed by atoms with van der Waals surface area (Å²) in [6.45, 7) is 5.42. The number of oxazole rings is 1. The molecule has 0 spiro atoms. The number of nitrogens with zero attached hydrogens (tertiary/aromatic N) is 1. The van der Waals surface area contributed by atoms with E-state index in [4.69, 9.17) is 4.42 Å². The van der Waals surface area contributed by atoms with Gasteiger partial charge in [-0.2, -0.15) is 0 Å². The number of benzene rings is 1. The van der Waals surface area contributed by atoms with Gasteiger partial charge in [0.05, 0.1) is 11.3 Å². The zero-order valence-corrected chi connectivity index (χ0v) is 7.75. The van der Waals surface area contributed by atoms with Crippen LogP contribution in [0, 0.1) is 19.7 Å². The van der Waals surface area contributed by atoms with Crippen molar-refractivity contribution in [3.63, 3.8) is 0 Å². The van der Waals surface area contributed by atoms with E-state index in [9.17, 15) is 4.39 Å². The Labute approximate surface area is 81.4 Å². The van der Waals surface area contributed by atoms with Gasteiger partial charge in [0.25, 0.3) is 0 Å². The number of halogens is 1. The van der Waals surface area contributed by atoms with E-state index < -0.39 is 0 Å². The van der Waals surface area contributed by atoms with E-state index in [2.05, 4.69) is 11.9 Å². The van der Waals surface area contributed by atoms with Crippen LogP contribution in [-0.4, -0.2) is 4.98 Å². The maximum absolute atomic E-state index is 13.3. The van der Waals surface area contributed by atoms with Gasteiger partial charge in [-0.3, -0.25) is 0 Å². The van der Waals surface area contributed by atoms with E-state index in [1.165, 1.54) is 6.07 Å². The molecule has 2 nitrogen and oxygen atoms in total. The number of hydrogen-bond donors (Lipinski definition) is 0. The lowest BCUT2D eigenvalue weighted by Crippen LogP contribution is -1.83. The molecule has 3 heteroatoms. The van der Waals surface area contributed by atoms with Crippen molar-refractivity contribution in [3.05, 3.63) is 48.5 Å². The van der Waals surface area contributed by atoms with Gasteiger partial charge in [0.2, 0.25) is 5.89 Å². The van der Waals surface area contributed by atoms with Crippen LogP contribution in [0.4, 0.5) is 4.39 Å². The Kier molecular flexibility index (Phi) is 2.08. The Bertz CT molecular complexity index is 443. The minimum absolute atomic E-state index is 0.283. The molecule has 1 heterocycles. The number of rotatable bonds is 1. The average Bonchev–Trinajstić information content (AvgIpc) is 2.48. The largest absolute Gasteiger partial charge is 0.441 e. The summed E-state index contributed by atoms with van der Waals surface area (Å²) in [5.74, 6) is 0.419. The van der Waals surface area contributed by atoms with Crippen LogP contribution in [0.15, 0.2) is 28.7 Å². The summed E-state index contributed by atoms with van der Waals surface area (Å²) in [5.41, 5.74) is 1.05. The first-order valence-corrected chi connectivity index (χ1v) is 4.23. The summed E-state index contributed by atoms with van der Waals surface area (Å²) >= 11 is 0. The van der Waals surface area contributed by atoms with Crippen LogP contribution < -0.4 is 0 Å². The van der Waals surface area contributed by atoms with Crippen LogP contribution in [0.3, 0.4) is 0 Å². The van der Waals surface area contributed by atoms with Gasteiger partial charge in [0, 0.05) is 6.92 Å². The van der Waals surface area contributed by atoms with Crippen LogP contribution >= 0.6 is 0 Å². The summed E-state index contributed by atoms with van der Waals surface area (Å²) < 4.78 is 18.5. The highest BCUT2D eigenvalue weighted by atomic mass is 19.1. The molecule has 0 unspecified atom stereocenters. The average molecular weight is 190 g/mol. The third kappa shape index (κ3) is 1.41. The van der Waals surface area contributed by atoms with Gasteiger partial charge >= 0.3 is 0 Å². The predicted molar refractivity (Wildman–Crippen MR) is 51.1 cm³/mol. The molecule has 0 amide bonds. The van der Waals surface area contributed by atoms with Crippen molar-refractivity contribution in [1.29, 1.82) is 0 Å². The fourth-order valence-corrected chi connectivity index (χ4v) is 1.18. The molecule has 71 valence electrons. The molecule has 0 saturated heterocycles. The maximum Gasteiger partial charge on any atom is 0.229 e. The normalized spacial score (nSPS) is 10.5. The SMILES string of the molecule is [CH2]c1oc(-c2ccccc2F)nc1C. The third-order valence-electron chi connectivity index (χ3n) is 2.00. The molecule has 0 aliphatic heterocycles. The molecule has 1 radical (unpaired) electrons. The van der Waals surface area contributed by atoms with Crippen molar-refractivity contribution in [2.75, 3.05) is 0 Å². The minimum Gasteiger partial charge on any atom is -0.441 e. The summed E-state index contributed by atoms with van der Waals surface area (Å²) in [4.78, 5) is 4.07. The van der Waals surface area contributed by atoms with Gasteiger partial charge in [-0.15, -0.1) is 0 Å². The first-order chi connectivity index (χ1) is 6.68. The Morgan fingerprint density at radius 2 is 2.07 bits per heavy atom. The van der Waals surface area contributed by atoms with Crippen LogP contribution in [-0.2, 0) is 0 Å². The summed E-state index contributed by atoms with van der Waals surface area (Å²) in [6.07, 6.45) is 0. The molecule has 0 bridgehead atoms.